The van der Waals surface area contributed by atoms with E-state index in [2.05, 4.69) is 31.2 Å². The number of nitrogens with two attached hydrogens (primary N) is 1. The van der Waals surface area contributed by atoms with Gasteiger partial charge in [-0.1, -0.05) is 43.7 Å². The second kappa shape index (κ2) is 4.94. The molecule has 1 heteroatoms. The molecule has 1 unspecified atom stereocenters. The molecule has 1 nitrogen and oxygen atoms in total. The van der Waals surface area contributed by atoms with Crippen LogP contribution in [0.1, 0.15) is 31.2 Å². The first-order chi connectivity index (χ1) is 5.88. The molecule has 0 aliphatic rings. The van der Waals surface area contributed by atoms with Crippen LogP contribution < -0.4 is 5.73 Å². The summed E-state index contributed by atoms with van der Waals surface area (Å²) in [7, 11) is 0. The van der Waals surface area contributed by atoms with Crippen molar-refractivity contribution in [2.45, 2.75) is 25.7 Å². The Bertz CT molecular complexity index is 206. The van der Waals surface area contributed by atoms with Gasteiger partial charge >= 0.3 is 0 Å². The molecular weight excluding hydrogens is 146 g/mol. The lowest BCUT2D eigenvalue weighted by molar-refractivity contribution is 0.622. The highest BCUT2D eigenvalue weighted by Crippen LogP contribution is 2.18. The Balaban J connectivity index is 2.66. The summed E-state index contributed by atoms with van der Waals surface area (Å²) in [5.41, 5.74) is 7.07. The van der Waals surface area contributed by atoms with E-state index in [4.69, 9.17) is 5.73 Å². The maximum atomic E-state index is 5.69. The summed E-state index contributed by atoms with van der Waals surface area (Å²) in [6.45, 7) is 2.96. The van der Waals surface area contributed by atoms with E-state index in [0.717, 1.165) is 6.54 Å². The van der Waals surface area contributed by atoms with Gasteiger partial charge in [0.15, 0.2) is 0 Å². The smallest absolute Gasteiger partial charge is 0.000824 e. The van der Waals surface area contributed by atoms with E-state index in [0.29, 0.717) is 5.92 Å². The molecule has 2 N–H and O–H groups in total. The first-order valence-corrected chi connectivity index (χ1v) is 4.63. The molecule has 1 atom stereocenters. The van der Waals surface area contributed by atoms with Gasteiger partial charge in [0.05, 0.1) is 0 Å². The molecule has 1 aromatic rings. The monoisotopic (exact) mass is 163 g/mol. The zero-order valence-corrected chi connectivity index (χ0v) is 7.66. The van der Waals surface area contributed by atoms with Gasteiger partial charge in [-0.05, 0) is 24.4 Å². The Kier molecular flexibility index (Phi) is 3.81. The predicted molar refractivity (Wildman–Crippen MR) is 53.1 cm³/mol. The summed E-state index contributed by atoms with van der Waals surface area (Å²) >= 11 is 0. The molecule has 0 aromatic heterocycles. The van der Waals surface area contributed by atoms with E-state index in [-0.39, 0.29) is 0 Å². The van der Waals surface area contributed by atoms with Crippen molar-refractivity contribution in [3.8, 4) is 0 Å². The minimum Gasteiger partial charge on any atom is -0.330 e. The van der Waals surface area contributed by atoms with E-state index in [1.807, 2.05) is 6.07 Å². The molecule has 0 amide bonds. The molecule has 0 aliphatic heterocycles. The Hall–Kier alpha value is -0.820. The fraction of sp³-hybridized carbons (Fsp3) is 0.455. The van der Waals surface area contributed by atoms with Gasteiger partial charge in [-0.2, -0.15) is 0 Å². The minimum absolute atomic E-state index is 0.552. The van der Waals surface area contributed by atoms with E-state index < -0.39 is 0 Å². The van der Waals surface area contributed by atoms with Crippen LogP contribution in [0.25, 0.3) is 0 Å². The van der Waals surface area contributed by atoms with Crippen LogP contribution in [-0.4, -0.2) is 6.54 Å². The van der Waals surface area contributed by atoms with Crippen LogP contribution in [0.5, 0.6) is 0 Å². The maximum Gasteiger partial charge on any atom is -0.000824 e. The SMILES string of the molecule is CCCC(CN)c1ccccc1. The van der Waals surface area contributed by atoms with E-state index in [1.54, 1.807) is 0 Å². The molecule has 0 aliphatic carbocycles. The second-order valence-corrected chi connectivity index (χ2v) is 3.13. The van der Waals surface area contributed by atoms with Gasteiger partial charge in [-0.25, -0.2) is 0 Å². The van der Waals surface area contributed by atoms with Gasteiger partial charge in [0.2, 0.25) is 0 Å². The highest BCUT2D eigenvalue weighted by atomic mass is 14.5. The molecular formula is C11H17N. The fourth-order valence-corrected chi connectivity index (χ4v) is 1.49. The minimum atomic E-state index is 0.552. The molecule has 0 fully saturated rings. The molecule has 66 valence electrons. The zero-order valence-electron chi connectivity index (χ0n) is 7.66. The van der Waals surface area contributed by atoms with E-state index in [1.165, 1.54) is 18.4 Å². The summed E-state index contributed by atoms with van der Waals surface area (Å²) in [4.78, 5) is 0. The predicted octanol–water partition coefficient (Wildman–Crippen LogP) is 2.53. The van der Waals surface area contributed by atoms with Crippen molar-refractivity contribution in [3.63, 3.8) is 0 Å². The van der Waals surface area contributed by atoms with Gasteiger partial charge in [0.25, 0.3) is 0 Å². The highest BCUT2D eigenvalue weighted by molar-refractivity contribution is 5.19. The lowest BCUT2D eigenvalue weighted by Crippen LogP contribution is -2.11. The summed E-state index contributed by atoms with van der Waals surface area (Å²) in [6.07, 6.45) is 2.40. The summed E-state index contributed by atoms with van der Waals surface area (Å²) in [5, 5.41) is 0. The molecule has 12 heavy (non-hydrogen) atoms. The van der Waals surface area contributed by atoms with Crippen molar-refractivity contribution < 1.29 is 0 Å². The van der Waals surface area contributed by atoms with Crippen molar-refractivity contribution in [3.05, 3.63) is 35.9 Å². The first kappa shape index (κ1) is 9.27. The van der Waals surface area contributed by atoms with Crippen molar-refractivity contribution >= 4 is 0 Å². The van der Waals surface area contributed by atoms with Crippen molar-refractivity contribution in [1.29, 1.82) is 0 Å². The lowest BCUT2D eigenvalue weighted by atomic mass is 9.95. The molecule has 0 saturated heterocycles. The second-order valence-electron chi connectivity index (χ2n) is 3.13. The number of hydrogen-bond donors (Lipinski definition) is 1. The standard InChI is InChI=1S/C11H17N/c1-2-6-11(9-12)10-7-4-3-5-8-10/h3-5,7-8,11H,2,6,9,12H2,1H3. The van der Waals surface area contributed by atoms with Crippen LogP contribution in [0.15, 0.2) is 30.3 Å². The van der Waals surface area contributed by atoms with Gasteiger partial charge < -0.3 is 5.73 Å². The number of benzene rings is 1. The average Bonchev–Trinajstić information content (AvgIpc) is 2.15. The topological polar surface area (TPSA) is 26.0 Å². The number of rotatable bonds is 4. The normalized spacial score (nSPS) is 12.8. The Morgan fingerprint density at radius 2 is 1.92 bits per heavy atom. The average molecular weight is 163 g/mol. The maximum absolute atomic E-state index is 5.69. The quantitative estimate of drug-likeness (QED) is 0.725. The molecule has 0 spiro atoms. The van der Waals surface area contributed by atoms with Crippen LogP contribution in [0.3, 0.4) is 0 Å². The Morgan fingerprint density at radius 3 is 2.42 bits per heavy atom. The lowest BCUT2D eigenvalue weighted by Gasteiger charge is -2.13. The van der Waals surface area contributed by atoms with Crippen molar-refractivity contribution in [2.24, 2.45) is 5.73 Å². The summed E-state index contributed by atoms with van der Waals surface area (Å²) < 4.78 is 0. The molecule has 1 aromatic carbocycles. The first-order valence-electron chi connectivity index (χ1n) is 4.63. The van der Waals surface area contributed by atoms with Crippen LogP contribution in [0, 0.1) is 0 Å². The molecule has 1 rings (SSSR count). The number of hydrogen-bond acceptors (Lipinski definition) is 1. The van der Waals surface area contributed by atoms with Gasteiger partial charge in [0, 0.05) is 0 Å². The van der Waals surface area contributed by atoms with Gasteiger partial charge in [-0.3, -0.25) is 0 Å². The van der Waals surface area contributed by atoms with Crippen LogP contribution in [0.2, 0.25) is 0 Å². The van der Waals surface area contributed by atoms with Crippen molar-refractivity contribution in [1.82, 2.24) is 0 Å². The Labute approximate surface area is 74.6 Å². The van der Waals surface area contributed by atoms with Crippen LogP contribution >= 0.6 is 0 Å². The third-order valence-electron chi connectivity index (χ3n) is 2.19. The van der Waals surface area contributed by atoms with Gasteiger partial charge in [0.1, 0.15) is 0 Å². The molecule has 0 saturated carbocycles. The summed E-state index contributed by atoms with van der Waals surface area (Å²) in [6, 6.07) is 10.5. The molecule has 0 radical (unpaired) electrons. The van der Waals surface area contributed by atoms with E-state index >= 15 is 0 Å². The fourth-order valence-electron chi connectivity index (χ4n) is 1.49. The Morgan fingerprint density at radius 1 is 1.25 bits per heavy atom. The third-order valence-corrected chi connectivity index (χ3v) is 2.19. The molecule has 0 bridgehead atoms. The van der Waals surface area contributed by atoms with Crippen LogP contribution in [0.4, 0.5) is 0 Å². The van der Waals surface area contributed by atoms with Gasteiger partial charge in [-0.15, -0.1) is 0 Å². The largest absolute Gasteiger partial charge is 0.330 e. The third kappa shape index (κ3) is 2.35. The van der Waals surface area contributed by atoms with Crippen molar-refractivity contribution in [2.75, 3.05) is 6.54 Å². The molecule has 0 heterocycles. The zero-order chi connectivity index (χ0) is 8.81. The highest BCUT2D eigenvalue weighted by Gasteiger charge is 2.06. The van der Waals surface area contributed by atoms with E-state index in [9.17, 15) is 0 Å². The van der Waals surface area contributed by atoms with Crippen LogP contribution in [-0.2, 0) is 0 Å². The summed E-state index contributed by atoms with van der Waals surface area (Å²) in [5.74, 6) is 0.552.